The summed E-state index contributed by atoms with van der Waals surface area (Å²) in [5, 5.41) is 12.3. The van der Waals surface area contributed by atoms with E-state index >= 15 is 0 Å². The zero-order valence-electron chi connectivity index (χ0n) is 17.7. The van der Waals surface area contributed by atoms with Crippen LogP contribution in [0.4, 0.5) is 0 Å². The van der Waals surface area contributed by atoms with Crippen molar-refractivity contribution >= 4 is 28.4 Å². The van der Waals surface area contributed by atoms with E-state index in [0.29, 0.717) is 19.6 Å². The first-order valence-electron chi connectivity index (χ1n) is 10.5. The number of benzene rings is 2. The highest BCUT2D eigenvalue weighted by atomic mass is 35.5. The predicted octanol–water partition coefficient (Wildman–Crippen LogP) is 3.48. The monoisotopic (exact) mass is 439 g/mol. The Morgan fingerprint density at radius 3 is 2.71 bits per heavy atom. The minimum absolute atomic E-state index is 0.00604. The van der Waals surface area contributed by atoms with Gasteiger partial charge in [0.15, 0.2) is 0 Å². The van der Waals surface area contributed by atoms with Gasteiger partial charge in [-0.15, -0.1) is 0 Å². The number of likely N-dealkylation sites (tertiary alicyclic amines) is 1. The molecule has 2 aromatic carbocycles. The summed E-state index contributed by atoms with van der Waals surface area (Å²) in [6.07, 6.45) is 0. The molecule has 0 radical (unpaired) electrons. The highest BCUT2D eigenvalue weighted by Gasteiger charge is 2.53. The number of nitrogens with one attached hydrogen (secondary N) is 1. The van der Waals surface area contributed by atoms with Gasteiger partial charge in [-0.25, -0.2) is 0 Å². The number of aliphatic hydroxyl groups is 1. The number of carbonyl (C=O) groups is 1. The second-order valence-corrected chi connectivity index (χ2v) is 9.08. The average molecular weight is 440 g/mol. The summed E-state index contributed by atoms with van der Waals surface area (Å²) >= 11 is 6.45. The van der Waals surface area contributed by atoms with Crippen LogP contribution in [-0.4, -0.2) is 59.1 Å². The Hall–Kier alpha value is -2.54. The Labute approximate surface area is 186 Å². The Morgan fingerprint density at radius 2 is 2.03 bits per heavy atom. The summed E-state index contributed by atoms with van der Waals surface area (Å²) in [5.41, 5.74) is 4.08. The van der Waals surface area contributed by atoms with Gasteiger partial charge in [0.05, 0.1) is 19.8 Å². The first-order valence-corrected chi connectivity index (χ1v) is 10.9. The Kier molecular flexibility index (Phi) is 4.96. The molecule has 1 aromatic heterocycles. The number of H-pyrrole nitrogens is 1. The molecule has 1 amide bonds. The van der Waals surface area contributed by atoms with E-state index in [0.717, 1.165) is 39.5 Å². The molecule has 2 aliphatic rings. The molecule has 1 fully saturated rings. The van der Waals surface area contributed by atoms with Gasteiger partial charge in [-0.05, 0) is 29.3 Å². The Bertz CT molecular complexity index is 1150. The van der Waals surface area contributed by atoms with Crippen LogP contribution in [0.1, 0.15) is 29.8 Å². The van der Waals surface area contributed by atoms with Crippen molar-refractivity contribution in [3.63, 3.8) is 0 Å². The summed E-state index contributed by atoms with van der Waals surface area (Å²) in [5.74, 6) is 0.878. The van der Waals surface area contributed by atoms with Crippen molar-refractivity contribution in [2.45, 2.75) is 24.9 Å². The van der Waals surface area contributed by atoms with Crippen molar-refractivity contribution in [3.8, 4) is 5.75 Å². The van der Waals surface area contributed by atoms with Gasteiger partial charge in [0, 0.05) is 66.2 Å². The number of hydrogen-bond acceptors (Lipinski definition) is 4. The van der Waals surface area contributed by atoms with Crippen LogP contribution in [0.5, 0.6) is 5.75 Å². The second kappa shape index (κ2) is 7.55. The number of amides is 1. The summed E-state index contributed by atoms with van der Waals surface area (Å²) in [4.78, 5) is 19.8. The fourth-order valence-electron chi connectivity index (χ4n) is 5.29. The Morgan fingerprint density at radius 1 is 1.26 bits per heavy atom. The minimum Gasteiger partial charge on any atom is -0.497 e. The van der Waals surface area contributed by atoms with Gasteiger partial charge < -0.3 is 19.7 Å². The number of hydrogen-bond donors (Lipinski definition) is 2. The second-order valence-electron chi connectivity index (χ2n) is 8.68. The molecule has 0 bridgehead atoms. The van der Waals surface area contributed by atoms with Crippen LogP contribution in [-0.2, 0) is 16.8 Å². The topological polar surface area (TPSA) is 68.8 Å². The largest absolute Gasteiger partial charge is 0.497 e. The maximum atomic E-state index is 12.0. The molecule has 2 N–H and O–H groups in total. The smallest absolute Gasteiger partial charge is 0.219 e. The van der Waals surface area contributed by atoms with E-state index in [1.165, 1.54) is 5.56 Å². The first-order chi connectivity index (χ1) is 15.0. The normalized spacial score (nSPS) is 20.0. The van der Waals surface area contributed by atoms with Gasteiger partial charge >= 0.3 is 0 Å². The third-order valence-corrected chi connectivity index (χ3v) is 7.15. The number of carbonyl (C=O) groups excluding carboxylic acids is 1. The molecule has 0 unspecified atom stereocenters. The third-order valence-electron chi connectivity index (χ3n) is 6.78. The average Bonchev–Trinajstić information content (AvgIpc) is 3.11. The van der Waals surface area contributed by atoms with Crippen LogP contribution >= 0.6 is 11.6 Å². The van der Waals surface area contributed by atoms with Gasteiger partial charge in [-0.1, -0.05) is 29.8 Å². The van der Waals surface area contributed by atoms with Gasteiger partial charge in [0.1, 0.15) is 5.75 Å². The zero-order valence-corrected chi connectivity index (χ0v) is 18.4. The molecule has 3 heterocycles. The number of fused-ring (bicyclic) bond motifs is 4. The lowest BCUT2D eigenvalue weighted by Crippen LogP contribution is -2.67. The van der Waals surface area contributed by atoms with E-state index in [-0.39, 0.29) is 24.0 Å². The fourth-order valence-corrected chi connectivity index (χ4v) is 5.49. The van der Waals surface area contributed by atoms with Crippen LogP contribution in [0.15, 0.2) is 42.5 Å². The maximum absolute atomic E-state index is 12.0. The minimum atomic E-state index is -0.180. The molecule has 0 aliphatic carbocycles. The number of ether oxygens (including phenoxy) is 1. The summed E-state index contributed by atoms with van der Waals surface area (Å²) in [6.45, 7) is 4.34. The van der Waals surface area contributed by atoms with Gasteiger partial charge in [0.25, 0.3) is 0 Å². The van der Waals surface area contributed by atoms with Crippen LogP contribution in [0.3, 0.4) is 0 Å². The van der Waals surface area contributed by atoms with Crippen LogP contribution in [0.2, 0.25) is 5.02 Å². The van der Waals surface area contributed by atoms with Crippen LogP contribution < -0.4 is 4.74 Å². The molecule has 5 rings (SSSR count). The molecule has 3 aromatic rings. The Balaban J connectivity index is 1.62. The number of aromatic amines is 1. The summed E-state index contributed by atoms with van der Waals surface area (Å²) in [6, 6.07) is 13.7. The molecule has 7 heteroatoms. The standard InChI is InChI=1S/C24H26ClN3O3/c1-15(30)28-13-24(14-28)12-27(10-16-5-3-4-6-19(16)25)21(11-29)23-22(24)18-8-7-17(31-2)9-20(18)26-23/h3-9,21,26,29H,10-14H2,1-2H3/t21-/m0/s1. The molecule has 162 valence electrons. The van der Waals surface area contributed by atoms with E-state index in [9.17, 15) is 9.90 Å². The molecular formula is C24H26ClN3O3. The van der Waals surface area contributed by atoms with Gasteiger partial charge in [0.2, 0.25) is 5.91 Å². The molecule has 1 spiro atoms. The van der Waals surface area contributed by atoms with Crippen molar-refractivity contribution in [2.75, 3.05) is 33.4 Å². The number of aromatic nitrogens is 1. The van der Waals surface area contributed by atoms with E-state index in [4.69, 9.17) is 16.3 Å². The van der Waals surface area contributed by atoms with Crippen molar-refractivity contribution in [1.82, 2.24) is 14.8 Å². The number of methoxy groups -OCH3 is 1. The quantitative estimate of drug-likeness (QED) is 0.653. The maximum Gasteiger partial charge on any atom is 0.219 e. The van der Waals surface area contributed by atoms with Gasteiger partial charge in [-0.3, -0.25) is 9.69 Å². The molecule has 6 nitrogen and oxygen atoms in total. The van der Waals surface area contributed by atoms with Crippen molar-refractivity contribution in [2.24, 2.45) is 0 Å². The highest BCUT2D eigenvalue weighted by Crippen LogP contribution is 2.49. The fraction of sp³-hybridized carbons (Fsp3) is 0.375. The lowest BCUT2D eigenvalue weighted by atomic mass is 9.68. The molecule has 1 saturated heterocycles. The van der Waals surface area contributed by atoms with Crippen LogP contribution in [0, 0.1) is 0 Å². The molecule has 31 heavy (non-hydrogen) atoms. The van der Waals surface area contributed by atoms with Crippen molar-refractivity contribution < 1.29 is 14.6 Å². The third kappa shape index (κ3) is 3.21. The van der Waals surface area contributed by atoms with E-state index in [2.05, 4.69) is 16.0 Å². The number of halogens is 1. The SMILES string of the molecule is COc1ccc2c3c([nH]c2c1)[C@H](CO)N(Cc1ccccc1Cl)CC31CN(C(C)=O)C1. The molecule has 1 atom stereocenters. The van der Waals surface area contributed by atoms with Crippen molar-refractivity contribution in [3.05, 3.63) is 64.3 Å². The zero-order chi connectivity index (χ0) is 21.8. The van der Waals surface area contributed by atoms with E-state index < -0.39 is 0 Å². The van der Waals surface area contributed by atoms with Crippen LogP contribution in [0.25, 0.3) is 10.9 Å². The summed E-state index contributed by atoms with van der Waals surface area (Å²) in [7, 11) is 1.66. The van der Waals surface area contributed by atoms with E-state index in [1.807, 2.05) is 41.3 Å². The van der Waals surface area contributed by atoms with Gasteiger partial charge in [-0.2, -0.15) is 0 Å². The predicted molar refractivity (Wildman–Crippen MR) is 120 cm³/mol. The lowest BCUT2D eigenvalue weighted by Gasteiger charge is -2.56. The van der Waals surface area contributed by atoms with E-state index in [1.54, 1.807) is 14.0 Å². The molecule has 0 saturated carbocycles. The number of nitrogens with zero attached hydrogens (tertiary/aromatic N) is 2. The number of rotatable bonds is 4. The highest BCUT2D eigenvalue weighted by molar-refractivity contribution is 6.31. The molecule has 2 aliphatic heterocycles. The molecular weight excluding hydrogens is 414 g/mol. The summed E-state index contributed by atoms with van der Waals surface area (Å²) < 4.78 is 5.41. The number of aliphatic hydroxyl groups excluding tert-OH is 1. The lowest BCUT2D eigenvalue weighted by molar-refractivity contribution is -0.138. The van der Waals surface area contributed by atoms with Crippen molar-refractivity contribution in [1.29, 1.82) is 0 Å². The first kappa shape index (κ1) is 20.4.